The van der Waals surface area contributed by atoms with E-state index in [0.29, 0.717) is 0 Å². The summed E-state index contributed by atoms with van der Waals surface area (Å²) in [5, 5.41) is 0. The van der Waals surface area contributed by atoms with Gasteiger partial charge in [-0.3, -0.25) is 0 Å². The van der Waals surface area contributed by atoms with Gasteiger partial charge in [-0.25, -0.2) is 4.79 Å². The number of ether oxygens (including phenoxy) is 1. The number of hydrogen-bond donors (Lipinski definition) is 0. The standard InChI is InChI=1S/C22H21F6NO2/c1-13(11-19(21(23,24)25)22(26,27)28)29(2)20(30)31-12-18-16-9-5-3-7-14(16)15-8-4-6-10-17(15)18/h3-10,13,18-19H,11-12H2,1-2H3/t13-/m0/s1. The molecule has 0 N–H and O–H groups in total. The molecule has 3 rings (SSSR count). The summed E-state index contributed by atoms with van der Waals surface area (Å²) in [7, 11) is 1.13. The zero-order valence-corrected chi connectivity index (χ0v) is 16.8. The maximum Gasteiger partial charge on any atom is 0.409 e. The van der Waals surface area contributed by atoms with Crippen molar-refractivity contribution in [1.82, 2.24) is 4.90 Å². The van der Waals surface area contributed by atoms with Crippen LogP contribution in [0.3, 0.4) is 0 Å². The Bertz CT molecular complexity index is 881. The molecule has 0 heterocycles. The topological polar surface area (TPSA) is 29.5 Å². The molecule has 3 nitrogen and oxygen atoms in total. The van der Waals surface area contributed by atoms with Gasteiger partial charge in [-0.15, -0.1) is 0 Å². The van der Waals surface area contributed by atoms with Gasteiger partial charge in [0.1, 0.15) is 6.61 Å². The van der Waals surface area contributed by atoms with E-state index in [1.807, 2.05) is 48.5 Å². The number of benzene rings is 2. The zero-order valence-electron chi connectivity index (χ0n) is 16.8. The average molecular weight is 445 g/mol. The molecule has 0 saturated carbocycles. The first-order valence-corrected chi connectivity index (χ1v) is 9.62. The Labute approximate surface area is 175 Å². The first-order chi connectivity index (χ1) is 14.4. The van der Waals surface area contributed by atoms with Crippen LogP contribution in [0.2, 0.25) is 0 Å². The number of carbonyl (C=O) groups excluding carboxylic acids is 1. The molecule has 0 aromatic heterocycles. The molecule has 2 aromatic carbocycles. The van der Waals surface area contributed by atoms with Crippen molar-refractivity contribution in [1.29, 1.82) is 0 Å². The second kappa shape index (κ2) is 8.43. The van der Waals surface area contributed by atoms with Crippen LogP contribution < -0.4 is 0 Å². The van der Waals surface area contributed by atoms with Gasteiger partial charge in [-0.05, 0) is 35.6 Å². The summed E-state index contributed by atoms with van der Waals surface area (Å²) in [6.45, 7) is 1.05. The molecule has 1 aliphatic rings. The van der Waals surface area contributed by atoms with Crippen LogP contribution in [0.4, 0.5) is 31.1 Å². The highest BCUT2D eigenvalue weighted by Crippen LogP contribution is 2.45. The first kappa shape index (κ1) is 23.0. The molecule has 0 saturated heterocycles. The number of alkyl halides is 6. The lowest BCUT2D eigenvalue weighted by Crippen LogP contribution is -2.44. The largest absolute Gasteiger partial charge is 0.448 e. The summed E-state index contributed by atoms with van der Waals surface area (Å²) in [5.41, 5.74) is 3.89. The van der Waals surface area contributed by atoms with E-state index in [1.165, 1.54) is 0 Å². The van der Waals surface area contributed by atoms with E-state index in [9.17, 15) is 31.1 Å². The Balaban J connectivity index is 1.68. The van der Waals surface area contributed by atoms with Crippen LogP contribution in [-0.4, -0.2) is 43.0 Å². The summed E-state index contributed by atoms with van der Waals surface area (Å²) in [4.78, 5) is 13.2. The van der Waals surface area contributed by atoms with Crippen molar-refractivity contribution < 1.29 is 35.9 Å². The van der Waals surface area contributed by atoms with Crippen molar-refractivity contribution in [3.8, 4) is 11.1 Å². The minimum absolute atomic E-state index is 0.0775. The smallest absolute Gasteiger partial charge is 0.409 e. The molecule has 0 radical (unpaired) electrons. The first-order valence-electron chi connectivity index (χ1n) is 9.62. The van der Waals surface area contributed by atoms with Crippen LogP contribution in [0.1, 0.15) is 30.4 Å². The molecule has 2 aromatic rings. The molecule has 1 amide bonds. The van der Waals surface area contributed by atoms with Crippen molar-refractivity contribution in [2.45, 2.75) is 37.7 Å². The minimum atomic E-state index is -5.45. The maximum absolute atomic E-state index is 12.8. The summed E-state index contributed by atoms with van der Waals surface area (Å²) in [5.74, 6) is -3.78. The van der Waals surface area contributed by atoms with E-state index in [-0.39, 0.29) is 12.5 Å². The van der Waals surface area contributed by atoms with E-state index >= 15 is 0 Å². The van der Waals surface area contributed by atoms with E-state index in [2.05, 4.69) is 0 Å². The Hall–Kier alpha value is -2.71. The SMILES string of the molecule is C[C@@H](CC(C(F)(F)F)C(F)(F)F)N(C)C(=O)OCC1c2ccccc2-c2ccccc21. The molecule has 1 aliphatic carbocycles. The molecule has 0 bridgehead atoms. The van der Waals surface area contributed by atoms with Crippen molar-refractivity contribution >= 4 is 6.09 Å². The predicted octanol–water partition coefficient (Wildman–Crippen LogP) is 6.39. The minimum Gasteiger partial charge on any atom is -0.448 e. The van der Waals surface area contributed by atoms with Gasteiger partial charge in [-0.2, -0.15) is 26.3 Å². The zero-order chi connectivity index (χ0) is 23.0. The highest BCUT2D eigenvalue weighted by molar-refractivity contribution is 5.79. The van der Waals surface area contributed by atoms with Gasteiger partial charge in [0.15, 0.2) is 5.92 Å². The van der Waals surface area contributed by atoms with Crippen LogP contribution >= 0.6 is 0 Å². The molecule has 168 valence electrons. The van der Waals surface area contributed by atoms with E-state index in [0.717, 1.165) is 41.1 Å². The Kier molecular flexibility index (Phi) is 6.25. The summed E-state index contributed by atoms with van der Waals surface area (Å²) in [6, 6.07) is 13.8. The highest BCUT2D eigenvalue weighted by atomic mass is 19.4. The molecular weight excluding hydrogens is 424 g/mol. The summed E-state index contributed by atoms with van der Waals surface area (Å²) >= 11 is 0. The van der Waals surface area contributed by atoms with Gasteiger partial charge in [0.25, 0.3) is 0 Å². The number of fused-ring (bicyclic) bond motifs is 3. The molecule has 0 unspecified atom stereocenters. The van der Waals surface area contributed by atoms with Gasteiger partial charge < -0.3 is 9.64 Å². The molecule has 0 aliphatic heterocycles. The Morgan fingerprint density at radius 1 is 0.935 bits per heavy atom. The number of amides is 1. The fraction of sp³-hybridized carbons (Fsp3) is 0.409. The second-order valence-electron chi connectivity index (χ2n) is 7.64. The van der Waals surface area contributed by atoms with Gasteiger partial charge in [0, 0.05) is 19.0 Å². The van der Waals surface area contributed by atoms with Crippen LogP contribution in [-0.2, 0) is 4.74 Å². The van der Waals surface area contributed by atoms with Gasteiger partial charge in [0.05, 0.1) is 0 Å². The number of hydrogen-bond acceptors (Lipinski definition) is 2. The third-order valence-electron chi connectivity index (χ3n) is 5.65. The number of rotatable bonds is 5. The maximum atomic E-state index is 12.8. The number of nitrogens with zero attached hydrogens (tertiary/aromatic N) is 1. The van der Waals surface area contributed by atoms with E-state index < -0.39 is 36.8 Å². The van der Waals surface area contributed by atoms with E-state index in [1.54, 1.807) is 0 Å². The number of carbonyl (C=O) groups is 1. The lowest BCUT2D eigenvalue weighted by molar-refractivity contribution is -0.287. The van der Waals surface area contributed by atoms with Crippen molar-refractivity contribution in [3.63, 3.8) is 0 Å². The van der Waals surface area contributed by atoms with Gasteiger partial charge >= 0.3 is 18.4 Å². The lowest BCUT2D eigenvalue weighted by Gasteiger charge is -2.30. The van der Waals surface area contributed by atoms with Gasteiger partial charge in [-0.1, -0.05) is 48.5 Å². The monoisotopic (exact) mass is 445 g/mol. The fourth-order valence-corrected chi connectivity index (χ4v) is 3.83. The van der Waals surface area contributed by atoms with Crippen LogP contribution in [0.25, 0.3) is 11.1 Å². The normalized spacial score (nSPS) is 14.9. The summed E-state index contributed by atoms with van der Waals surface area (Å²) in [6.07, 6.45) is -13.2. The molecule has 0 spiro atoms. The molecule has 31 heavy (non-hydrogen) atoms. The molecule has 9 heteroatoms. The Morgan fingerprint density at radius 3 is 1.84 bits per heavy atom. The molecule has 1 atom stereocenters. The predicted molar refractivity (Wildman–Crippen MR) is 103 cm³/mol. The summed E-state index contributed by atoms with van der Waals surface area (Å²) < 4.78 is 82.2. The van der Waals surface area contributed by atoms with Crippen LogP contribution in [0, 0.1) is 5.92 Å². The van der Waals surface area contributed by atoms with Crippen molar-refractivity contribution in [2.75, 3.05) is 13.7 Å². The van der Waals surface area contributed by atoms with E-state index in [4.69, 9.17) is 4.74 Å². The van der Waals surface area contributed by atoms with Crippen LogP contribution in [0.15, 0.2) is 48.5 Å². The third kappa shape index (κ3) is 4.80. The van der Waals surface area contributed by atoms with Crippen molar-refractivity contribution in [2.24, 2.45) is 5.92 Å². The van der Waals surface area contributed by atoms with Crippen molar-refractivity contribution in [3.05, 3.63) is 59.7 Å². The highest BCUT2D eigenvalue weighted by Gasteiger charge is 2.57. The molecule has 0 fully saturated rings. The lowest BCUT2D eigenvalue weighted by atomic mass is 9.98. The Morgan fingerprint density at radius 2 is 1.39 bits per heavy atom. The van der Waals surface area contributed by atoms with Gasteiger partial charge in [0.2, 0.25) is 0 Å². The fourth-order valence-electron chi connectivity index (χ4n) is 3.83. The third-order valence-corrected chi connectivity index (χ3v) is 5.65. The second-order valence-corrected chi connectivity index (χ2v) is 7.64. The van der Waals surface area contributed by atoms with Crippen LogP contribution in [0.5, 0.6) is 0 Å². The quantitative estimate of drug-likeness (QED) is 0.500. The molecular formula is C22H21F6NO2. The number of halogens is 6. The average Bonchev–Trinajstić information content (AvgIpc) is 3.01.